The van der Waals surface area contributed by atoms with Crippen molar-refractivity contribution < 1.29 is 9.15 Å². The van der Waals surface area contributed by atoms with Gasteiger partial charge in [-0.15, -0.1) is 0 Å². The average molecular weight is 233 g/mol. The van der Waals surface area contributed by atoms with Gasteiger partial charge in [0.15, 0.2) is 11.2 Å². The molecule has 1 fully saturated rings. The van der Waals surface area contributed by atoms with Gasteiger partial charge in [0, 0.05) is 19.3 Å². The Labute approximate surface area is 99.2 Å². The Hall–Kier alpha value is -1.46. The number of ether oxygens (including phenoxy) is 1. The zero-order valence-corrected chi connectivity index (χ0v) is 9.93. The number of nitrogens with one attached hydrogen (secondary N) is 1. The molecule has 5 nitrogen and oxygen atoms in total. The molecule has 0 amide bonds. The molecule has 3 rings (SSSR count). The minimum absolute atomic E-state index is 0.134. The second-order valence-electron chi connectivity index (χ2n) is 4.38. The predicted octanol–water partition coefficient (Wildman–Crippen LogP) is 1.58. The minimum atomic E-state index is 0.134. The van der Waals surface area contributed by atoms with Gasteiger partial charge in [0.1, 0.15) is 0 Å². The molecule has 2 atom stereocenters. The zero-order chi connectivity index (χ0) is 11.8. The summed E-state index contributed by atoms with van der Waals surface area (Å²) in [4.78, 5) is 8.77. The van der Waals surface area contributed by atoms with E-state index in [0.717, 1.165) is 24.2 Å². The minimum Gasteiger partial charge on any atom is -0.437 e. The van der Waals surface area contributed by atoms with E-state index >= 15 is 0 Å². The highest BCUT2D eigenvalue weighted by Gasteiger charge is 2.28. The molecular formula is C12H15N3O2. The van der Waals surface area contributed by atoms with Gasteiger partial charge in [-0.25, -0.2) is 4.98 Å². The van der Waals surface area contributed by atoms with Crippen molar-refractivity contribution in [2.75, 3.05) is 13.7 Å². The van der Waals surface area contributed by atoms with Crippen molar-refractivity contribution in [2.45, 2.75) is 25.5 Å². The van der Waals surface area contributed by atoms with Crippen LogP contribution in [0.1, 0.15) is 24.0 Å². The van der Waals surface area contributed by atoms with Gasteiger partial charge in [-0.1, -0.05) is 0 Å². The monoisotopic (exact) mass is 233 g/mol. The van der Waals surface area contributed by atoms with Crippen LogP contribution in [0.25, 0.3) is 11.2 Å². The smallest absolute Gasteiger partial charge is 0.214 e. The molecule has 2 aromatic rings. The number of pyridine rings is 1. The first-order valence-corrected chi connectivity index (χ1v) is 5.76. The Kier molecular flexibility index (Phi) is 2.57. The number of fused-ring (bicyclic) bond motifs is 1. The van der Waals surface area contributed by atoms with Gasteiger partial charge >= 0.3 is 0 Å². The van der Waals surface area contributed by atoms with Crippen molar-refractivity contribution in [2.24, 2.45) is 0 Å². The number of nitrogens with zero attached hydrogens (tertiary/aromatic N) is 2. The van der Waals surface area contributed by atoms with E-state index in [1.165, 1.54) is 0 Å². The van der Waals surface area contributed by atoms with Crippen LogP contribution in [-0.2, 0) is 4.74 Å². The number of aromatic nitrogens is 2. The molecule has 90 valence electrons. The Morgan fingerprint density at radius 3 is 3.06 bits per heavy atom. The SMILES string of the molecule is COC1CNC(c2nc3nc(C)ccc3o2)C1. The third kappa shape index (κ3) is 1.92. The molecule has 2 aromatic heterocycles. The lowest BCUT2D eigenvalue weighted by Crippen LogP contribution is -2.16. The van der Waals surface area contributed by atoms with Gasteiger partial charge in [-0.05, 0) is 25.5 Å². The molecule has 0 aromatic carbocycles. The van der Waals surface area contributed by atoms with Crippen LogP contribution in [0, 0.1) is 6.92 Å². The van der Waals surface area contributed by atoms with Crippen LogP contribution in [0.5, 0.6) is 0 Å². The molecule has 1 aliphatic heterocycles. The van der Waals surface area contributed by atoms with E-state index in [2.05, 4.69) is 15.3 Å². The Bertz CT molecular complexity index is 538. The van der Waals surface area contributed by atoms with Gasteiger partial charge < -0.3 is 14.5 Å². The second-order valence-corrected chi connectivity index (χ2v) is 4.38. The van der Waals surface area contributed by atoms with Crippen LogP contribution in [0.3, 0.4) is 0 Å². The quantitative estimate of drug-likeness (QED) is 0.853. The first kappa shape index (κ1) is 10.7. The van der Waals surface area contributed by atoms with Crippen molar-refractivity contribution in [3.8, 4) is 0 Å². The van der Waals surface area contributed by atoms with Crippen LogP contribution >= 0.6 is 0 Å². The van der Waals surface area contributed by atoms with Crippen LogP contribution < -0.4 is 5.32 Å². The van der Waals surface area contributed by atoms with Crippen molar-refractivity contribution >= 4 is 11.2 Å². The molecular weight excluding hydrogens is 218 g/mol. The third-order valence-corrected chi connectivity index (χ3v) is 3.13. The van der Waals surface area contributed by atoms with Gasteiger partial charge in [0.05, 0.1) is 12.1 Å². The van der Waals surface area contributed by atoms with Gasteiger partial charge in [-0.2, -0.15) is 4.98 Å². The topological polar surface area (TPSA) is 60.2 Å². The standard InChI is InChI=1S/C12H15N3O2/c1-7-3-4-10-11(14-7)15-12(17-10)9-5-8(16-2)6-13-9/h3-4,8-9,13H,5-6H2,1-2H3. The van der Waals surface area contributed by atoms with Gasteiger partial charge in [0.25, 0.3) is 0 Å². The molecule has 2 unspecified atom stereocenters. The fourth-order valence-corrected chi connectivity index (χ4v) is 2.15. The van der Waals surface area contributed by atoms with E-state index in [0.29, 0.717) is 11.5 Å². The average Bonchev–Trinajstić information content (AvgIpc) is 2.93. The Morgan fingerprint density at radius 1 is 1.41 bits per heavy atom. The summed E-state index contributed by atoms with van der Waals surface area (Å²) in [6, 6.07) is 3.98. The van der Waals surface area contributed by atoms with Gasteiger partial charge in [-0.3, -0.25) is 0 Å². The zero-order valence-electron chi connectivity index (χ0n) is 9.93. The van der Waals surface area contributed by atoms with Crippen LogP contribution in [-0.4, -0.2) is 29.7 Å². The maximum atomic E-state index is 5.71. The molecule has 1 N–H and O–H groups in total. The number of methoxy groups -OCH3 is 1. The highest BCUT2D eigenvalue weighted by Crippen LogP contribution is 2.26. The first-order valence-electron chi connectivity index (χ1n) is 5.76. The lowest BCUT2D eigenvalue weighted by molar-refractivity contribution is 0.116. The number of hydrogen-bond acceptors (Lipinski definition) is 5. The van der Waals surface area contributed by atoms with E-state index in [9.17, 15) is 0 Å². The Morgan fingerprint density at radius 2 is 2.29 bits per heavy atom. The molecule has 0 saturated carbocycles. The molecule has 0 aliphatic carbocycles. The van der Waals surface area contributed by atoms with Crippen LogP contribution in [0.4, 0.5) is 0 Å². The molecule has 0 bridgehead atoms. The first-order chi connectivity index (χ1) is 8.26. The molecule has 5 heteroatoms. The predicted molar refractivity (Wildman–Crippen MR) is 62.7 cm³/mol. The number of rotatable bonds is 2. The highest BCUT2D eigenvalue weighted by atomic mass is 16.5. The normalized spacial score (nSPS) is 24.6. The molecule has 1 aliphatic rings. The lowest BCUT2D eigenvalue weighted by atomic mass is 10.2. The van der Waals surface area contributed by atoms with Gasteiger partial charge in [0.2, 0.25) is 5.89 Å². The number of hydrogen-bond donors (Lipinski definition) is 1. The molecule has 17 heavy (non-hydrogen) atoms. The van der Waals surface area contributed by atoms with E-state index in [1.54, 1.807) is 7.11 Å². The van der Waals surface area contributed by atoms with Crippen molar-refractivity contribution in [3.05, 3.63) is 23.7 Å². The fourth-order valence-electron chi connectivity index (χ4n) is 2.15. The summed E-state index contributed by atoms with van der Waals surface area (Å²) in [6.45, 7) is 2.79. The summed E-state index contributed by atoms with van der Waals surface area (Å²) in [5.41, 5.74) is 2.38. The fraction of sp³-hybridized carbons (Fsp3) is 0.500. The van der Waals surface area contributed by atoms with Crippen molar-refractivity contribution in [3.63, 3.8) is 0 Å². The van der Waals surface area contributed by atoms with Crippen molar-refractivity contribution in [1.82, 2.24) is 15.3 Å². The molecule has 1 saturated heterocycles. The lowest BCUT2D eigenvalue weighted by Gasteiger charge is -2.04. The van der Waals surface area contributed by atoms with E-state index in [-0.39, 0.29) is 12.1 Å². The Balaban J connectivity index is 1.91. The van der Waals surface area contributed by atoms with E-state index in [4.69, 9.17) is 9.15 Å². The van der Waals surface area contributed by atoms with Crippen molar-refractivity contribution in [1.29, 1.82) is 0 Å². The maximum absolute atomic E-state index is 5.71. The summed E-state index contributed by atoms with van der Waals surface area (Å²) in [5, 5.41) is 3.34. The van der Waals surface area contributed by atoms with E-state index in [1.807, 2.05) is 19.1 Å². The largest absolute Gasteiger partial charge is 0.437 e. The molecule has 3 heterocycles. The number of aryl methyl sites for hydroxylation is 1. The highest BCUT2D eigenvalue weighted by molar-refractivity contribution is 5.67. The summed E-state index contributed by atoms with van der Waals surface area (Å²) >= 11 is 0. The second kappa shape index (κ2) is 4.09. The van der Waals surface area contributed by atoms with E-state index < -0.39 is 0 Å². The van der Waals surface area contributed by atoms with Crippen LogP contribution in [0.15, 0.2) is 16.5 Å². The summed E-state index contributed by atoms with van der Waals surface area (Å²) in [6.07, 6.45) is 1.13. The summed E-state index contributed by atoms with van der Waals surface area (Å²) < 4.78 is 11.0. The van der Waals surface area contributed by atoms with Crippen LogP contribution in [0.2, 0.25) is 0 Å². The third-order valence-electron chi connectivity index (χ3n) is 3.13. The summed E-state index contributed by atoms with van der Waals surface area (Å²) in [7, 11) is 1.73. The number of oxazole rings is 1. The molecule has 0 spiro atoms. The molecule has 0 radical (unpaired) electrons. The maximum Gasteiger partial charge on any atom is 0.214 e. The summed E-state index contributed by atoms with van der Waals surface area (Å²) in [5.74, 6) is 0.706.